The molecule has 0 spiro atoms. The summed E-state index contributed by atoms with van der Waals surface area (Å²) in [4.78, 5) is 13.0. The van der Waals surface area contributed by atoms with Gasteiger partial charge in [-0.05, 0) is 18.2 Å². The predicted molar refractivity (Wildman–Crippen MR) is 85.2 cm³/mol. The van der Waals surface area contributed by atoms with Crippen LogP contribution in [0, 0.1) is 11.6 Å². The zero-order valence-electron chi connectivity index (χ0n) is 13.2. The average molecular weight is 355 g/mol. The number of carbonyl (C=O) groups excluding carboxylic acids is 1. The maximum Gasteiger partial charge on any atom is 0.217 e. The van der Waals surface area contributed by atoms with Gasteiger partial charge in [-0.25, -0.2) is 8.78 Å². The smallest absolute Gasteiger partial charge is 0.217 e. The summed E-state index contributed by atoms with van der Waals surface area (Å²) in [5.74, 6) is -1.24. The Kier molecular flexibility index (Phi) is 4.82. The fraction of sp³-hybridized carbons (Fsp3) is 0.375. The molecule has 128 valence electrons. The fourth-order valence-electron chi connectivity index (χ4n) is 2.75. The molecule has 0 saturated heterocycles. The van der Waals surface area contributed by atoms with Crippen LogP contribution in [-0.4, -0.2) is 27.1 Å². The van der Waals surface area contributed by atoms with E-state index in [1.807, 2.05) is 15.6 Å². The van der Waals surface area contributed by atoms with Crippen molar-refractivity contribution >= 4 is 17.5 Å². The summed E-state index contributed by atoms with van der Waals surface area (Å²) in [7, 11) is 0. The van der Waals surface area contributed by atoms with Crippen LogP contribution >= 0.6 is 11.6 Å². The molecule has 1 N–H and O–H groups in total. The predicted octanol–water partition coefficient (Wildman–Crippen LogP) is 2.47. The zero-order chi connectivity index (χ0) is 17.3. The van der Waals surface area contributed by atoms with Gasteiger partial charge in [0.15, 0.2) is 0 Å². The first-order valence-corrected chi connectivity index (χ1v) is 7.96. The van der Waals surface area contributed by atoms with Gasteiger partial charge in [0.2, 0.25) is 5.91 Å². The number of nitrogens with one attached hydrogen (secondary N) is 1. The second-order valence-corrected chi connectivity index (χ2v) is 6.17. The van der Waals surface area contributed by atoms with Crippen LogP contribution in [0.25, 0.3) is 0 Å². The van der Waals surface area contributed by atoms with Gasteiger partial charge < -0.3 is 5.32 Å². The van der Waals surface area contributed by atoms with Crippen molar-refractivity contribution < 1.29 is 13.6 Å². The molecule has 1 amide bonds. The normalized spacial score (nSPS) is 14.5. The topological polar surface area (TPSA) is 50.2 Å². The van der Waals surface area contributed by atoms with E-state index < -0.39 is 11.6 Å². The number of hydrogen-bond donors (Lipinski definition) is 1. The van der Waals surface area contributed by atoms with Crippen LogP contribution in [0.4, 0.5) is 8.78 Å². The van der Waals surface area contributed by atoms with Crippen LogP contribution in [0.5, 0.6) is 0 Å². The molecule has 0 bridgehead atoms. The van der Waals surface area contributed by atoms with Crippen molar-refractivity contribution in [1.29, 1.82) is 0 Å². The molecule has 2 heterocycles. The van der Waals surface area contributed by atoms with Crippen molar-refractivity contribution in [2.75, 3.05) is 6.54 Å². The Morgan fingerprint density at radius 3 is 2.83 bits per heavy atom. The Morgan fingerprint density at radius 2 is 2.08 bits per heavy atom. The second-order valence-electron chi connectivity index (χ2n) is 5.79. The first kappa shape index (κ1) is 16.9. The molecule has 0 saturated carbocycles. The number of halogens is 3. The molecule has 1 aromatic carbocycles. The third-order valence-corrected chi connectivity index (χ3v) is 4.38. The van der Waals surface area contributed by atoms with E-state index in [4.69, 9.17) is 11.6 Å². The molecule has 1 aliphatic heterocycles. The molecule has 0 unspecified atom stereocenters. The van der Waals surface area contributed by atoms with Crippen molar-refractivity contribution in [2.24, 2.45) is 0 Å². The van der Waals surface area contributed by atoms with E-state index in [2.05, 4.69) is 10.4 Å². The molecular formula is C16H17ClF2N4O. The van der Waals surface area contributed by atoms with Gasteiger partial charge in [-0.3, -0.25) is 14.4 Å². The Labute approximate surface area is 143 Å². The number of rotatable bonds is 4. The summed E-state index contributed by atoms with van der Waals surface area (Å²) in [6.07, 6.45) is 0. The molecule has 5 nitrogen and oxygen atoms in total. The monoisotopic (exact) mass is 354 g/mol. The molecule has 3 rings (SSSR count). The minimum atomic E-state index is -0.618. The molecule has 2 aromatic rings. The molecule has 0 radical (unpaired) electrons. The molecule has 0 atom stereocenters. The van der Waals surface area contributed by atoms with Crippen LogP contribution < -0.4 is 5.32 Å². The third-order valence-electron chi connectivity index (χ3n) is 3.97. The number of amides is 1. The Balaban J connectivity index is 1.71. The van der Waals surface area contributed by atoms with E-state index in [-0.39, 0.29) is 23.0 Å². The molecular weight excluding hydrogens is 338 g/mol. The number of carbonyl (C=O) groups is 1. The van der Waals surface area contributed by atoms with Crippen molar-refractivity contribution in [3.05, 3.63) is 51.8 Å². The average Bonchev–Trinajstić information content (AvgIpc) is 2.95. The summed E-state index contributed by atoms with van der Waals surface area (Å²) >= 11 is 5.89. The molecule has 0 aliphatic carbocycles. The van der Waals surface area contributed by atoms with Crippen molar-refractivity contribution in [3.63, 3.8) is 0 Å². The van der Waals surface area contributed by atoms with Gasteiger partial charge in [0.05, 0.1) is 29.5 Å². The van der Waals surface area contributed by atoms with Crippen LogP contribution in [-0.2, 0) is 31.0 Å². The van der Waals surface area contributed by atoms with Gasteiger partial charge in [0, 0.05) is 32.1 Å². The van der Waals surface area contributed by atoms with Gasteiger partial charge >= 0.3 is 0 Å². The van der Waals surface area contributed by atoms with Crippen LogP contribution in [0.1, 0.15) is 23.9 Å². The highest BCUT2D eigenvalue weighted by molar-refractivity contribution is 6.31. The molecule has 0 fully saturated rings. The van der Waals surface area contributed by atoms with Crippen LogP contribution in [0.15, 0.2) is 18.2 Å². The minimum absolute atomic E-state index is 0.112. The van der Waals surface area contributed by atoms with E-state index in [0.717, 1.165) is 23.5 Å². The summed E-state index contributed by atoms with van der Waals surface area (Å²) in [5.41, 5.74) is 1.91. The Morgan fingerprint density at radius 1 is 1.33 bits per heavy atom. The number of benzene rings is 1. The van der Waals surface area contributed by atoms with Gasteiger partial charge in [-0.1, -0.05) is 11.6 Å². The zero-order valence-corrected chi connectivity index (χ0v) is 13.9. The SMILES string of the molecule is CC(=O)NCc1cc2n(n1)CCN(Cc1c(F)ccc(F)c1Cl)C2. The quantitative estimate of drug-likeness (QED) is 0.858. The largest absolute Gasteiger partial charge is 0.351 e. The number of fused-ring (bicyclic) bond motifs is 1. The number of hydrogen-bond acceptors (Lipinski definition) is 3. The summed E-state index contributed by atoms with van der Waals surface area (Å²) in [6, 6.07) is 4.03. The van der Waals surface area contributed by atoms with Gasteiger partial charge in [0.1, 0.15) is 11.6 Å². The first-order chi connectivity index (χ1) is 11.4. The summed E-state index contributed by atoms with van der Waals surface area (Å²) in [6.45, 7) is 3.91. The van der Waals surface area contributed by atoms with E-state index in [0.29, 0.717) is 26.2 Å². The standard InChI is InChI=1S/C16H17ClF2N4O/c1-10(24)20-7-11-6-12-8-22(4-5-23(12)21-11)9-13-14(18)2-3-15(19)16(13)17/h2-3,6H,4-5,7-9H2,1H3,(H,20,24). The van der Waals surface area contributed by atoms with E-state index in [9.17, 15) is 13.6 Å². The lowest BCUT2D eigenvalue weighted by molar-refractivity contribution is -0.119. The summed E-state index contributed by atoms with van der Waals surface area (Å²) in [5, 5.41) is 6.97. The molecule has 8 heteroatoms. The Bertz CT molecular complexity index is 778. The lowest BCUT2D eigenvalue weighted by Crippen LogP contribution is -2.33. The molecule has 1 aromatic heterocycles. The van der Waals surface area contributed by atoms with Crippen LogP contribution in [0.3, 0.4) is 0 Å². The van der Waals surface area contributed by atoms with E-state index in [1.165, 1.54) is 6.92 Å². The maximum atomic E-state index is 13.9. The molecule has 1 aliphatic rings. The maximum absolute atomic E-state index is 13.9. The van der Waals surface area contributed by atoms with Crippen molar-refractivity contribution in [2.45, 2.75) is 33.1 Å². The van der Waals surface area contributed by atoms with E-state index in [1.54, 1.807) is 0 Å². The van der Waals surface area contributed by atoms with E-state index >= 15 is 0 Å². The highest BCUT2D eigenvalue weighted by Crippen LogP contribution is 2.25. The highest BCUT2D eigenvalue weighted by Gasteiger charge is 2.21. The van der Waals surface area contributed by atoms with Crippen molar-refractivity contribution in [1.82, 2.24) is 20.0 Å². The molecule has 24 heavy (non-hydrogen) atoms. The van der Waals surface area contributed by atoms with Gasteiger partial charge in [-0.15, -0.1) is 0 Å². The van der Waals surface area contributed by atoms with Gasteiger partial charge in [-0.2, -0.15) is 5.10 Å². The first-order valence-electron chi connectivity index (χ1n) is 7.59. The highest BCUT2D eigenvalue weighted by atomic mass is 35.5. The van der Waals surface area contributed by atoms with Gasteiger partial charge in [0.25, 0.3) is 0 Å². The third kappa shape index (κ3) is 3.57. The van der Waals surface area contributed by atoms with Crippen LogP contribution in [0.2, 0.25) is 5.02 Å². The lowest BCUT2D eigenvalue weighted by Gasteiger charge is -2.28. The Hall–Kier alpha value is -1.99. The van der Waals surface area contributed by atoms with Crippen molar-refractivity contribution in [3.8, 4) is 0 Å². The summed E-state index contributed by atoms with van der Waals surface area (Å²) < 4.78 is 29.3. The number of aromatic nitrogens is 2. The minimum Gasteiger partial charge on any atom is -0.351 e. The number of nitrogens with zero attached hydrogens (tertiary/aromatic N) is 3. The second kappa shape index (κ2) is 6.86. The fourth-order valence-corrected chi connectivity index (χ4v) is 2.97. The lowest BCUT2D eigenvalue weighted by atomic mass is 10.1.